The number of amides is 1. The van der Waals surface area contributed by atoms with Gasteiger partial charge in [0.2, 0.25) is 5.91 Å². The predicted octanol–water partition coefficient (Wildman–Crippen LogP) is 3.31. The molecule has 1 aromatic rings. The molecule has 0 spiro atoms. The molecule has 1 aliphatic rings. The standard InChI is InChI=1S/C15H19NO2S2/c1-2-3-4-9-18-12-7-5-11(6-8-12)10-13-14(17)16-15(19)20-13/h5-8,13H,2-4,9-10H2,1H3,(H,16,17,19). The van der Waals surface area contributed by atoms with E-state index in [0.29, 0.717) is 10.7 Å². The number of hydrogen-bond acceptors (Lipinski definition) is 4. The van der Waals surface area contributed by atoms with Gasteiger partial charge in [0.25, 0.3) is 0 Å². The van der Waals surface area contributed by atoms with Crippen molar-refractivity contribution in [1.82, 2.24) is 5.32 Å². The zero-order valence-corrected chi connectivity index (χ0v) is 13.2. The summed E-state index contributed by atoms with van der Waals surface area (Å²) in [6.45, 7) is 2.94. The Balaban J connectivity index is 1.82. The van der Waals surface area contributed by atoms with Crippen molar-refractivity contribution in [3.05, 3.63) is 29.8 Å². The molecule has 20 heavy (non-hydrogen) atoms. The smallest absolute Gasteiger partial charge is 0.239 e. The second-order valence-corrected chi connectivity index (χ2v) is 6.67. The molecule has 0 aliphatic carbocycles. The highest BCUT2D eigenvalue weighted by Gasteiger charge is 2.28. The van der Waals surface area contributed by atoms with Crippen LogP contribution in [-0.2, 0) is 11.2 Å². The number of unbranched alkanes of at least 4 members (excludes halogenated alkanes) is 2. The van der Waals surface area contributed by atoms with Gasteiger partial charge in [0.15, 0.2) is 0 Å². The lowest BCUT2D eigenvalue weighted by atomic mass is 10.1. The van der Waals surface area contributed by atoms with Gasteiger partial charge < -0.3 is 10.1 Å². The summed E-state index contributed by atoms with van der Waals surface area (Å²) in [5.74, 6) is 0.906. The van der Waals surface area contributed by atoms with E-state index in [1.54, 1.807) is 0 Å². The number of benzene rings is 1. The Morgan fingerprint density at radius 1 is 1.30 bits per heavy atom. The fourth-order valence-corrected chi connectivity index (χ4v) is 3.31. The minimum atomic E-state index is -0.0983. The van der Waals surface area contributed by atoms with Crippen LogP contribution in [0.3, 0.4) is 0 Å². The van der Waals surface area contributed by atoms with E-state index in [2.05, 4.69) is 12.2 Å². The molecule has 1 atom stereocenters. The summed E-state index contributed by atoms with van der Waals surface area (Å²) < 4.78 is 6.25. The molecule has 1 saturated heterocycles. The SMILES string of the molecule is CCCCCOc1ccc(CC2SC(=S)NC2=O)cc1. The van der Waals surface area contributed by atoms with Crippen molar-refractivity contribution in [3.8, 4) is 5.75 Å². The minimum Gasteiger partial charge on any atom is -0.494 e. The fourth-order valence-electron chi connectivity index (χ4n) is 2.01. The maximum absolute atomic E-state index is 11.6. The van der Waals surface area contributed by atoms with Gasteiger partial charge in [-0.05, 0) is 30.5 Å². The van der Waals surface area contributed by atoms with E-state index in [1.807, 2.05) is 24.3 Å². The van der Waals surface area contributed by atoms with Crippen LogP contribution in [0.2, 0.25) is 0 Å². The van der Waals surface area contributed by atoms with Gasteiger partial charge >= 0.3 is 0 Å². The highest BCUT2D eigenvalue weighted by molar-refractivity contribution is 8.24. The van der Waals surface area contributed by atoms with Crippen LogP contribution in [0.25, 0.3) is 0 Å². The Hall–Kier alpha value is -1.07. The molecule has 0 radical (unpaired) electrons. The number of thioether (sulfide) groups is 1. The number of nitrogens with one attached hydrogen (secondary N) is 1. The average Bonchev–Trinajstić information content (AvgIpc) is 2.75. The Kier molecular flexibility index (Phi) is 5.86. The lowest BCUT2D eigenvalue weighted by molar-refractivity contribution is -0.118. The summed E-state index contributed by atoms with van der Waals surface area (Å²) in [5.41, 5.74) is 1.13. The van der Waals surface area contributed by atoms with Crippen LogP contribution < -0.4 is 10.1 Å². The highest BCUT2D eigenvalue weighted by Crippen LogP contribution is 2.24. The normalized spacial score (nSPS) is 18.1. The maximum atomic E-state index is 11.6. The molecule has 1 unspecified atom stereocenters. The molecular weight excluding hydrogens is 290 g/mol. The van der Waals surface area contributed by atoms with Gasteiger partial charge in [-0.2, -0.15) is 0 Å². The van der Waals surface area contributed by atoms with E-state index < -0.39 is 0 Å². The molecule has 2 rings (SSSR count). The van der Waals surface area contributed by atoms with Gasteiger partial charge in [0.05, 0.1) is 11.9 Å². The van der Waals surface area contributed by atoms with E-state index >= 15 is 0 Å². The first kappa shape index (κ1) is 15.3. The van der Waals surface area contributed by atoms with Crippen LogP contribution in [0.5, 0.6) is 5.75 Å². The fraction of sp³-hybridized carbons (Fsp3) is 0.467. The van der Waals surface area contributed by atoms with Crippen LogP contribution in [0, 0.1) is 0 Å². The highest BCUT2D eigenvalue weighted by atomic mass is 32.2. The van der Waals surface area contributed by atoms with Gasteiger partial charge in [0, 0.05) is 0 Å². The summed E-state index contributed by atoms with van der Waals surface area (Å²) in [6, 6.07) is 7.98. The van der Waals surface area contributed by atoms with E-state index in [4.69, 9.17) is 17.0 Å². The van der Waals surface area contributed by atoms with Crippen LogP contribution >= 0.6 is 24.0 Å². The molecule has 5 heteroatoms. The lowest BCUT2D eigenvalue weighted by Gasteiger charge is -2.08. The largest absolute Gasteiger partial charge is 0.494 e. The average molecular weight is 309 g/mol. The van der Waals surface area contributed by atoms with Crippen molar-refractivity contribution in [3.63, 3.8) is 0 Å². The number of ether oxygens (including phenoxy) is 1. The van der Waals surface area contributed by atoms with Crippen LogP contribution in [0.4, 0.5) is 0 Å². The van der Waals surface area contributed by atoms with Crippen LogP contribution in [-0.4, -0.2) is 22.1 Å². The molecule has 0 aromatic heterocycles. The summed E-state index contributed by atoms with van der Waals surface area (Å²) in [7, 11) is 0. The summed E-state index contributed by atoms with van der Waals surface area (Å²) in [4.78, 5) is 11.6. The van der Waals surface area contributed by atoms with Crippen molar-refractivity contribution in [1.29, 1.82) is 0 Å². The van der Waals surface area contributed by atoms with Gasteiger partial charge in [0.1, 0.15) is 10.1 Å². The zero-order valence-electron chi connectivity index (χ0n) is 11.6. The summed E-state index contributed by atoms with van der Waals surface area (Å²) >= 11 is 6.42. The molecule has 108 valence electrons. The quantitative estimate of drug-likeness (QED) is 0.619. The van der Waals surface area contributed by atoms with Crippen LogP contribution in [0.1, 0.15) is 31.7 Å². The zero-order chi connectivity index (χ0) is 14.4. The number of carbonyl (C=O) groups excluding carboxylic acids is 1. The number of thiocarbonyl (C=S) groups is 1. The third-order valence-electron chi connectivity index (χ3n) is 3.13. The molecule has 1 fully saturated rings. The number of carbonyl (C=O) groups is 1. The van der Waals surface area contributed by atoms with Gasteiger partial charge in [-0.1, -0.05) is 55.9 Å². The maximum Gasteiger partial charge on any atom is 0.239 e. The Bertz CT molecular complexity index is 473. The van der Waals surface area contributed by atoms with E-state index in [-0.39, 0.29) is 11.2 Å². The first-order valence-electron chi connectivity index (χ1n) is 6.92. The molecule has 0 saturated carbocycles. The Morgan fingerprint density at radius 2 is 2.05 bits per heavy atom. The molecule has 1 aliphatic heterocycles. The summed E-state index contributed by atoms with van der Waals surface area (Å²) in [6.07, 6.45) is 4.19. The minimum absolute atomic E-state index is 0.0138. The topological polar surface area (TPSA) is 38.3 Å². The monoisotopic (exact) mass is 309 g/mol. The van der Waals surface area contributed by atoms with Crippen molar-refractivity contribution >= 4 is 34.2 Å². The third-order valence-corrected chi connectivity index (χ3v) is 4.50. The van der Waals surface area contributed by atoms with Crippen molar-refractivity contribution in [2.75, 3.05) is 6.61 Å². The molecule has 1 aromatic carbocycles. The first-order valence-corrected chi connectivity index (χ1v) is 8.21. The molecule has 0 bridgehead atoms. The van der Waals surface area contributed by atoms with Crippen molar-refractivity contribution in [2.45, 2.75) is 37.9 Å². The lowest BCUT2D eigenvalue weighted by Crippen LogP contribution is -2.25. The molecule has 3 nitrogen and oxygen atoms in total. The number of hydrogen-bond donors (Lipinski definition) is 1. The van der Waals surface area contributed by atoms with Gasteiger partial charge in [-0.25, -0.2) is 0 Å². The number of rotatable bonds is 7. The van der Waals surface area contributed by atoms with E-state index in [9.17, 15) is 4.79 Å². The van der Waals surface area contributed by atoms with Crippen LogP contribution in [0.15, 0.2) is 24.3 Å². The third kappa shape index (κ3) is 4.49. The molecule has 1 N–H and O–H groups in total. The first-order chi connectivity index (χ1) is 9.69. The van der Waals surface area contributed by atoms with Gasteiger partial charge in [-0.15, -0.1) is 0 Å². The summed E-state index contributed by atoms with van der Waals surface area (Å²) in [5, 5.41) is 2.57. The van der Waals surface area contributed by atoms with E-state index in [1.165, 1.54) is 24.6 Å². The second-order valence-electron chi connectivity index (χ2n) is 4.79. The Morgan fingerprint density at radius 3 is 2.65 bits per heavy atom. The van der Waals surface area contributed by atoms with Crippen molar-refractivity contribution < 1.29 is 9.53 Å². The van der Waals surface area contributed by atoms with E-state index in [0.717, 1.165) is 24.3 Å². The van der Waals surface area contributed by atoms with Gasteiger partial charge in [-0.3, -0.25) is 4.79 Å². The second kappa shape index (κ2) is 7.64. The molecule has 1 heterocycles. The Labute approximate surface area is 129 Å². The van der Waals surface area contributed by atoms with Crippen molar-refractivity contribution in [2.24, 2.45) is 0 Å². The predicted molar refractivity (Wildman–Crippen MR) is 87.3 cm³/mol. The molecular formula is C15H19NO2S2. The molecule has 1 amide bonds.